The summed E-state index contributed by atoms with van der Waals surface area (Å²) < 4.78 is 18.4. The van der Waals surface area contributed by atoms with Crippen LogP contribution in [0.1, 0.15) is 17.1 Å². The monoisotopic (exact) mass is 244 g/mol. The smallest absolute Gasteiger partial charge is 0.252 e. The lowest BCUT2D eigenvalue weighted by Crippen LogP contribution is -1.93. The molecule has 0 aliphatic carbocycles. The molecule has 2 rings (SSSR count). The average Bonchev–Trinajstić information content (AvgIpc) is 2.72. The fourth-order valence-corrected chi connectivity index (χ4v) is 1.32. The Morgan fingerprint density at radius 1 is 1.50 bits per heavy atom. The van der Waals surface area contributed by atoms with Gasteiger partial charge < -0.3 is 4.42 Å². The number of rotatable bonds is 3. The highest BCUT2D eigenvalue weighted by Gasteiger charge is 2.08. The van der Waals surface area contributed by atoms with Crippen molar-refractivity contribution in [2.45, 2.75) is 6.92 Å². The topological polar surface area (TPSA) is 74.2 Å². The number of aromatic nitrogens is 1. The summed E-state index contributed by atoms with van der Waals surface area (Å²) in [6, 6.07) is 8.06. The molecule has 0 fully saturated rings. The van der Waals surface area contributed by atoms with Crippen LogP contribution >= 0.6 is 0 Å². The van der Waals surface area contributed by atoms with Gasteiger partial charge in [-0.3, -0.25) is 0 Å². The third-order valence-electron chi connectivity index (χ3n) is 2.11. The first-order valence-corrected chi connectivity index (χ1v) is 5.12. The van der Waals surface area contributed by atoms with Crippen LogP contribution in [0.25, 0.3) is 0 Å². The minimum Gasteiger partial charge on any atom is -0.422 e. The molecule has 0 aliphatic rings. The minimum absolute atomic E-state index is 0.109. The lowest BCUT2D eigenvalue weighted by molar-refractivity contribution is 0.533. The molecule has 1 N–H and O–H groups in total. The molecule has 1 aromatic heterocycles. The van der Waals surface area contributed by atoms with Gasteiger partial charge >= 0.3 is 0 Å². The number of nitrogens with zero attached hydrogens (tertiary/aromatic N) is 3. The van der Waals surface area contributed by atoms with Crippen LogP contribution < -0.4 is 5.43 Å². The van der Waals surface area contributed by atoms with E-state index in [1.165, 1.54) is 12.3 Å². The van der Waals surface area contributed by atoms with Crippen molar-refractivity contribution in [2.75, 3.05) is 5.43 Å². The molecule has 1 heterocycles. The van der Waals surface area contributed by atoms with Crippen molar-refractivity contribution in [3.05, 3.63) is 47.2 Å². The first-order chi connectivity index (χ1) is 8.70. The Balaban J connectivity index is 2.13. The molecule has 0 saturated heterocycles. The van der Waals surface area contributed by atoms with Crippen molar-refractivity contribution in [3.63, 3.8) is 0 Å². The Morgan fingerprint density at radius 2 is 2.28 bits per heavy atom. The van der Waals surface area contributed by atoms with E-state index in [1.807, 2.05) is 6.07 Å². The Hall–Kier alpha value is -2.68. The summed E-state index contributed by atoms with van der Waals surface area (Å²) in [6.45, 7) is 1.62. The van der Waals surface area contributed by atoms with E-state index in [9.17, 15) is 4.39 Å². The van der Waals surface area contributed by atoms with E-state index in [4.69, 9.17) is 9.68 Å². The van der Waals surface area contributed by atoms with Gasteiger partial charge in [-0.1, -0.05) is 18.2 Å². The molecule has 0 atom stereocenters. The highest BCUT2D eigenvalue weighted by Crippen LogP contribution is 2.15. The summed E-state index contributed by atoms with van der Waals surface area (Å²) in [6.07, 6.45) is 1.30. The van der Waals surface area contributed by atoms with Gasteiger partial charge in [-0.2, -0.15) is 10.4 Å². The van der Waals surface area contributed by atoms with Gasteiger partial charge in [0, 0.05) is 12.5 Å². The molecule has 0 aliphatic heterocycles. The Labute approximate surface area is 103 Å². The third kappa shape index (κ3) is 2.52. The number of anilines is 1. The number of benzene rings is 1. The van der Waals surface area contributed by atoms with E-state index in [0.717, 1.165) is 0 Å². The van der Waals surface area contributed by atoms with Gasteiger partial charge in [0.1, 0.15) is 11.9 Å². The fraction of sp³-hybridized carbons (Fsp3) is 0.0833. The van der Waals surface area contributed by atoms with Crippen LogP contribution in [0.15, 0.2) is 33.8 Å². The number of nitriles is 1. The summed E-state index contributed by atoms with van der Waals surface area (Å²) in [7, 11) is 0. The van der Waals surface area contributed by atoms with E-state index in [-0.39, 0.29) is 17.4 Å². The molecular weight excluding hydrogens is 235 g/mol. The van der Waals surface area contributed by atoms with E-state index in [0.29, 0.717) is 11.5 Å². The summed E-state index contributed by atoms with van der Waals surface area (Å²) in [4.78, 5) is 3.83. The molecule has 0 radical (unpaired) electrons. The first kappa shape index (κ1) is 11.8. The van der Waals surface area contributed by atoms with Crippen LogP contribution in [0.4, 0.5) is 10.3 Å². The van der Waals surface area contributed by atoms with Crippen molar-refractivity contribution < 1.29 is 8.81 Å². The van der Waals surface area contributed by atoms with Crippen molar-refractivity contribution in [1.29, 1.82) is 5.26 Å². The molecule has 2 aromatic rings. The van der Waals surface area contributed by atoms with Crippen LogP contribution in [-0.4, -0.2) is 11.2 Å². The summed E-state index contributed by atoms with van der Waals surface area (Å²) >= 11 is 0. The Bertz CT molecular complexity index is 627. The van der Waals surface area contributed by atoms with Gasteiger partial charge in [0.15, 0.2) is 5.89 Å². The zero-order valence-electron chi connectivity index (χ0n) is 9.51. The van der Waals surface area contributed by atoms with E-state index < -0.39 is 0 Å². The second-order valence-corrected chi connectivity index (χ2v) is 3.41. The zero-order valence-corrected chi connectivity index (χ0v) is 9.51. The predicted molar refractivity (Wildman–Crippen MR) is 63.6 cm³/mol. The number of hydrogen-bond donors (Lipinski definition) is 1. The molecule has 18 heavy (non-hydrogen) atoms. The number of halogens is 1. The second kappa shape index (κ2) is 5.10. The molecule has 6 heteroatoms. The predicted octanol–water partition coefficient (Wildman–Crippen LogP) is 2.44. The van der Waals surface area contributed by atoms with E-state index in [1.54, 1.807) is 25.1 Å². The maximum atomic E-state index is 13.3. The summed E-state index contributed by atoms with van der Waals surface area (Å²) in [5, 5.41) is 12.6. The normalized spacial score (nSPS) is 10.5. The van der Waals surface area contributed by atoms with Crippen molar-refractivity contribution in [2.24, 2.45) is 5.10 Å². The molecule has 5 nitrogen and oxygen atoms in total. The quantitative estimate of drug-likeness (QED) is 0.664. The first-order valence-electron chi connectivity index (χ1n) is 5.12. The molecule has 0 bridgehead atoms. The number of hydrazone groups is 1. The lowest BCUT2D eigenvalue weighted by Gasteiger charge is -1.96. The van der Waals surface area contributed by atoms with Gasteiger partial charge in [0.2, 0.25) is 5.69 Å². The van der Waals surface area contributed by atoms with Gasteiger partial charge in [-0.25, -0.2) is 14.8 Å². The molecule has 0 unspecified atom stereocenters. The average molecular weight is 244 g/mol. The molecule has 0 amide bonds. The minimum atomic E-state index is -0.377. The van der Waals surface area contributed by atoms with Crippen LogP contribution in [0.3, 0.4) is 0 Å². The maximum Gasteiger partial charge on any atom is 0.252 e. The molecular formula is C12H9FN4O. The number of aryl methyl sites for hydroxylation is 1. The molecule has 0 spiro atoms. The molecule has 90 valence electrons. The largest absolute Gasteiger partial charge is 0.422 e. The van der Waals surface area contributed by atoms with Crippen molar-refractivity contribution in [3.8, 4) is 6.07 Å². The standard InChI is InChI=1S/C12H9FN4O/c1-8-16-11(6-14)12(18-8)17-15-7-9-4-2-3-5-10(9)13/h2-5,7,17H,1H3. The van der Waals surface area contributed by atoms with Gasteiger partial charge in [-0.15, -0.1) is 0 Å². The highest BCUT2D eigenvalue weighted by molar-refractivity contribution is 5.80. The summed E-state index contributed by atoms with van der Waals surface area (Å²) in [5.74, 6) is 0.120. The van der Waals surface area contributed by atoms with Gasteiger partial charge in [0.05, 0.1) is 6.21 Å². The van der Waals surface area contributed by atoms with Crippen molar-refractivity contribution >= 4 is 12.1 Å². The van der Waals surface area contributed by atoms with Crippen LogP contribution in [0, 0.1) is 24.1 Å². The van der Waals surface area contributed by atoms with Gasteiger partial charge in [0.25, 0.3) is 5.88 Å². The third-order valence-corrected chi connectivity index (χ3v) is 2.11. The van der Waals surface area contributed by atoms with Crippen molar-refractivity contribution in [1.82, 2.24) is 4.98 Å². The fourth-order valence-electron chi connectivity index (χ4n) is 1.32. The van der Waals surface area contributed by atoms with E-state index in [2.05, 4.69) is 15.5 Å². The Morgan fingerprint density at radius 3 is 3.00 bits per heavy atom. The number of hydrogen-bond acceptors (Lipinski definition) is 5. The maximum absolute atomic E-state index is 13.3. The SMILES string of the molecule is Cc1nc(C#N)c(NN=Cc2ccccc2F)o1. The van der Waals surface area contributed by atoms with E-state index >= 15 is 0 Å². The second-order valence-electron chi connectivity index (χ2n) is 3.41. The number of nitrogens with one attached hydrogen (secondary N) is 1. The number of oxazole rings is 1. The van der Waals surface area contributed by atoms with Crippen LogP contribution in [0.5, 0.6) is 0 Å². The van der Waals surface area contributed by atoms with Crippen LogP contribution in [0.2, 0.25) is 0 Å². The Kier molecular flexibility index (Phi) is 3.34. The highest BCUT2D eigenvalue weighted by atomic mass is 19.1. The molecule has 0 saturated carbocycles. The van der Waals surface area contributed by atoms with Crippen LogP contribution in [-0.2, 0) is 0 Å². The summed E-state index contributed by atoms with van der Waals surface area (Å²) in [5.41, 5.74) is 2.95. The lowest BCUT2D eigenvalue weighted by atomic mass is 10.2. The molecule has 1 aromatic carbocycles. The zero-order chi connectivity index (χ0) is 13.0. The van der Waals surface area contributed by atoms with Gasteiger partial charge in [-0.05, 0) is 6.07 Å².